The van der Waals surface area contributed by atoms with Crippen LogP contribution in [0.25, 0.3) is 10.9 Å². The van der Waals surface area contributed by atoms with Crippen LogP contribution in [0.5, 0.6) is 0 Å². The summed E-state index contributed by atoms with van der Waals surface area (Å²) < 4.78 is 20.0. The monoisotopic (exact) mass is 385 g/mol. The summed E-state index contributed by atoms with van der Waals surface area (Å²) in [5.41, 5.74) is 0.959. The number of pyridine rings is 1. The third-order valence-corrected chi connectivity index (χ3v) is 4.77. The highest BCUT2D eigenvalue weighted by Crippen LogP contribution is 2.26. The van der Waals surface area contributed by atoms with Crippen LogP contribution in [-0.4, -0.2) is 37.2 Å². The number of benzene rings is 2. The van der Waals surface area contributed by atoms with Gasteiger partial charge in [-0.1, -0.05) is 23.7 Å². The molecule has 0 unspecified atom stereocenters. The number of ether oxygens (including phenoxy) is 1. The largest absolute Gasteiger partial charge is 0.378 e. The second-order valence-corrected chi connectivity index (χ2v) is 6.64. The Morgan fingerprint density at radius 2 is 1.93 bits per heavy atom. The van der Waals surface area contributed by atoms with E-state index in [0.717, 1.165) is 18.9 Å². The van der Waals surface area contributed by atoms with Gasteiger partial charge < -0.3 is 15.0 Å². The van der Waals surface area contributed by atoms with E-state index in [4.69, 9.17) is 16.3 Å². The van der Waals surface area contributed by atoms with Gasteiger partial charge in [0.25, 0.3) is 5.91 Å². The van der Waals surface area contributed by atoms with Gasteiger partial charge in [-0.05, 0) is 36.4 Å². The van der Waals surface area contributed by atoms with Crippen LogP contribution < -0.4 is 10.2 Å². The highest BCUT2D eigenvalue weighted by molar-refractivity contribution is 6.34. The topological polar surface area (TPSA) is 54.5 Å². The number of morpholine rings is 1. The number of nitrogens with zero attached hydrogens (tertiary/aromatic N) is 2. The predicted molar refractivity (Wildman–Crippen MR) is 104 cm³/mol. The fourth-order valence-electron chi connectivity index (χ4n) is 3.07. The van der Waals surface area contributed by atoms with Crippen molar-refractivity contribution in [3.8, 4) is 0 Å². The molecule has 7 heteroatoms. The van der Waals surface area contributed by atoms with E-state index in [0.29, 0.717) is 34.9 Å². The summed E-state index contributed by atoms with van der Waals surface area (Å²) in [4.78, 5) is 18.9. The molecule has 3 aromatic rings. The zero-order valence-corrected chi connectivity index (χ0v) is 15.2. The van der Waals surface area contributed by atoms with Gasteiger partial charge in [0.2, 0.25) is 0 Å². The maximum atomic E-state index is 14.6. The van der Waals surface area contributed by atoms with Crippen molar-refractivity contribution in [1.82, 2.24) is 4.98 Å². The first-order chi connectivity index (χ1) is 13.1. The Balaban J connectivity index is 1.62. The van der Waals surface area contributed by atoms with Crippen molar-refractivity contribution in [3.63, 3.8) is 0 Å². The normalized spacial score (nSPS) is 14.4. The number of hydrogen-bond acceptors (Lipinski definition) is 4. The lowest BCUT2D eigenvalue weighted by Gasteiger charge is -2.28. The third-order valence-electron chi connectivity index (χ3n) is 4.44. The van der Waals surface area contributed by atoms with Gasteiger partial charge in [0.05, 0.1) is 23.8 Å². The number of anilines is 2. The lowest BCUT2D eigenvalue weighted by Crippen LogP contribution is -2.36. The molecule has 1 aliphatic rings. The summed E-state index contributed by atoms with van der Waals surface area (Å²) in [6.45, 7) is 2.72. The Labute approximate surface area is 160 Å². The summed E-state index contributed by atoms with van der Waals surface area (Å²) in [5, 5.41) is 3.65. The molecule has 1 aromatic heterocycles. The first-order valence-corrected chi connectivity index (χ1v) is 8.98. The molecule has 1 fully saturated rings. The smallest absolute Gasteiger partial charge is 0.257 e. The van der Waals surface area contributed by atoms with E-state index >= 15 is 0 Å². The maximum absolute atomic E-state index is 14.6. The van der Waals surface area contributed by atoms with Gasteiger partial charge in [-0.2, -0.15) is 0 Å². The van der Waals surface area contributed by atoms with Crippen LogP contribution in [-0.2, 0) is 4.74 Å². The molecule has 1 amide bonds. The molecular weight excluding hydrogens is 369 g/mol. The lowest BCUT2D eigenvalue weighted by atomic mass is 10.1. The minimum Gasteiger partial charge on any atom is -0.378 e. The van der Waals surface area contributed by atoms with Crippen LogP contribution in [0.3, 0.4) is 0 Å². The number of aromatic nitrogens is 1. The fourth-order valence-corrected chi connectivity index (χ4v) is 3.29. The summed E-state index contributed by atoms with van der Waals surface area (Å²) in [6.07, 6.45) is 0. The van der Waals surface area contributed by atoms with E-state index in [2.05, 4.69) is 15.2 Å². The molecule has 0 bridgehead atoms. The summed E-state index contributed by atoms with van der Waals surface area (Å²) in [5.74, 6) is -0.160. The average Bonchev–Trinajstić information content (AvgIpc) is 2.69. The standard InChI is InChI=1S/C20H17ClFN3O2/c21-16-4-2-1-3-15(16)20(26)23-14-11-13-5-6-18(24-19(13)17(22)12-14)25-7-9-27-10-8-25/h1-6,11-12H,7-10H2,(H,23,26). The SMILES string of the molecule is O=C(Nc1cc(F)c2nc(N3CCOCC3)ccc2c1)c1ccccc1Cl. The minimum absolute atomic E-state index is 0.273. The van der Waals surface area contributed by atoms with Gasteiger partial charge in [0.15, 0.2) is 5.82 Å². The van der Waals surface area contributed by atoms with Crippen molar-refractivity contribution in [2.24, 2.45) is 0 Å². The molecule has 4 rings (SSSR count). The van der Waals surface area contributed by atoms with E-state index in [9.17, 15) is 9.18 Å². The number of hydrogen-bond donors (Lipinski definition) is 1. The molecular formula is C20H17ClFN3O2. The summed E-state index contributed by atoms with van der Waals surface area (Å²) in [7, 11) is 0. The van der Waals surface area contributed by atoms with E-state index in [1.54, 1.807) is 36.4 Å². The minimum atomic E-state index is -0.489. The van der Waals surface area contributed by atoms with E-state index < -0.39 is 11.7 Å². The molecule has 0 aliphatic carbocycles. The van der Waals surface area contributed by atoms with Crippen LogP contribution in [0, 0.1) is 5.82 Å². The molecule has 1 saturated heterocycles. The summed E-state index contributed by atoms with van der Waals surface area (Å²) in [6, 6.07) is 13.3. The second kappa shape index (κ2) is 7.50. The highest BCUT2D eigenvalue weighted by Gasteiger charge is 2.15. The van der Waals surface area contributed by atoms with E-state index in [1.807, 2.05) is 6.07 Å². The zero-order chi connectivity index (χ0) is 18.8. The quantitative estimate of drug-likeness (QED) is 0.737. The zero-order valence-electron chi connectivity index (χ0n) is 14.4. The third kappa shape index (κ3) is 3.72. The average molecular weight is 386 g/mol. The number of rotatable bonds is 3. The van der Waals surface area contributed by atoms with Crippen molar-refractivity contribution in [2.45, 2.75) is 0 Å². The van der Waals surface area contributed by atoms with E-state index in [1.165, 1.54) is 6.07 Å². The van der Waals surface area contributed by atoms with Gasteiger partial charge in [0, 0.05) is 24.2 Å². The lowest BCUT2D eigenvalue weighted by molar-refractivity contribution is 0.102. The molecule has 138 valence electrons. The first-order valence-electron chi connectivity index (χ1n) is 8.61. The van der Waals surface area contributed by atoms with Crippen molar-refractivity contribution in [2.75, 3.05) is 36.5 Å². The molecule has 0 atom stereocenters. The Kier molecular flexibility index (Phi) is 4.92. The highest BCUT2D eigenvalue weighted by atomic mass is 35.5. The van der Waals surface area contributed by atoms with Crippen LogP contribution in [0.2, 0.25) is 5.02 Å². The van der Waals surface area contributed by atoms with Gasteiger partial charge in [-0.25, -0.2) is 9.37 Å². The maximum Gasteiger partial charge on any atom is 0.257 e. The molecule has 0 saturated carbocycles. The van der Waals surface area contributed by atoms with Crippen molar-refractivity contribution in [3.05, 3.63) is 64.9 Å². The molecule has 2 aromatic carbocycles. The number of nitrogens with one attached hydrogen (secondary N) is 1. The van der Waals surface area contributed by atoms with Gasteiger partial charge >= 0.3 is 0 Å². The molecule has 27 heavy (non-hydrogen) atoms. The van der Waals surface area contributed by atoms with Crippen molar-refractivity contribution in [1.29, 1.82) is 0 Å². The summed E-state index contributed by atoms with van der Waals surface area (Å²) >= 11 is 6.04. The van der Waals surface area contributed by atoms with Crippen molar-refractivity contribution >= 4 is 39.9 Å². The number of carbonyl (C=O) groups is 1. The number of fused-ring (bicyclic) bond motifs is 1. The molecule has 2 heterocycles. The molecule has 0 spiro atoms. The fraction of sp³-hybridized carbons (Fsp3) is 0.200. The van der Waals surface area contributed by atoms with Crippen LogP contribution in [0.4, 0.5) is 15.9 Å². The van der Waals surface area contributed by atoms with Gasteiger partial charge in [-0.3, -0.25) is 4.79 Å². The molecule has 0 radical (unpaired) electrons. The van der Waals surface area contributed by atoms with Crippen molar-refractivity contribution < 1.29 is 13.9 Å². The molecule has 5 nitrogen and oxygen atoms in total. The second-order valence-electron chi connectivity index (χ2n) is 6.23. The first kappa shape index (κ1) is 17.7. The van der Waals surface area contributed by atoms with E-state index in [-0.39, 0.29) is 5.52 Å². The Bertz CT molecular complexity index is 1010. The Hall–Kier alpha value is -2.70. The van der Waals surface area contributed by atoms with Gasteiger partial charge in [0.1, 0.15) is 11.3 Å². The van der Waals surface area contributed by atoms with Crippen LogP contribution in [0.15, 0.2) is 48.5 Å². The Morgan fingerprint density at radius 1 is 1.15 bits per heavy atom. The predicted octanol–water partition coefficient (Wildman–Crippen LogP) is 4.12. The number of carbonyl (C=O) groups excluding carboxylic acids is 1. The number of halogens is 2. The van der Waals surface area contributed by atoms with Crippen LogP contribution in [0.1, 0.15) is 10.4 Å². The Morgan fingerprint density at radius 3 is 2.70 bits per heavy atom. The van der Waals surface area contributed by atoms with Crippen LogP contribution >= 0.6 is 11.6 Å². The van der Waals surface area contributed by atoms with Gasteiger partial charge in [-0.15, -0.1) is 0 Å². The molecule has 1 N–H and O–H groups in total. The number of amides is 1. The molecule has 1 aliphatic heterocycles.